The maximum absolute atomic E-state index is 11.9. The van der Waals surface area contributed by atoms with Gasteiger partial charge in [-0.05, 0) is 18.2 Å². The molecule has 1 heterocycles. The Labute approximate surface area is 122 Å². The third-order valence-corrected chi connectivity index (χ3v) is 3.84. The van der Waals surface area contributed by atoms with Crippen LogP contribution < -0.4 is 4.90 Å². The Balaban J connectivity index is 2.45. The van der Waals surface area contributed by atoms with E-state index >= 15 is 0 Å². The van der Waals surface area contributed by atoms with E-state index in [1.807, 2.05) is 0 Å². The van der Waals surface area contributed by atoms with Crippen molar-refractivity contribution in [2.24, 2.45) is 0 Å². The number of benzene rings is 1. The molecule has 0 aromatic heterocycles. The van der Waals surface area contributed by atoms with Gasteiger partial charge < -0.3 is 9.64 Å². The molecule has 96 valence electrons. The van der Waals surface area contributed by atoms with Crippen LogP contribution in [0.15, 0.2) is 22.7 Å². The lowest BCUT2D eigenvalue weighted by Crippen LogP contribution is -2.26. The zero-order chi connectivity index (χ0) is 13.3. The van der Waals surface area contributed by atoms with Crippen LogP contribution in [0.4, 0.5) is 5.69 Å². The van der Waals surface area contributed by atoms with Gasteiger partial charge in [0.15, 0.2) is 0 Å². The summed E-state index contributed by atoms with van der Waals surface area (Å²) in [5, 5.41) is 0. The molecule has 0 spiro atoms. The minimum Gasteiger partial charge on any atom is -0.465 e. The van der Waals surface area contributed by atoms with Gasteiger partial charge in [-0.1, -0.05) is 31.9 Å². The predicted octanol–water partition coefficient (Wildman–Crippen LogP) is 2.74. The fourth-order valence-electron chi connectivity index (χ4n) is 1.91. The highest BCUT2D eigenvalue weighted by atomic mass is 79.9. The van der Waals surface area contributed by atoms with Crippen LogP contribution in [0.2, 0.25) is 0 Å². The number of ether oxygens (including phenoxy) is 1. The molecule has 0 aliphatic carbocycles. The molecular formula is C12H11Br2NO3. The average Bonchev–Trinajstić information content (AvgIpc) is 2.67. The van der Waals surface area contributed by atoms with Crippen molar-refractivity contribution in [2.75, 3.05) is 18.6 Å². The quantitative estimate of drug-likeness (QED) is 0.589. The number of nitrogens with zero attached hydrogens (tertiary/aromatic N) is 1. The first-order valence-electron chi connectivity index (χ1n) is 5.35. The zero-order valence-electron chi connectivity index (χ0n) is 9.65. The summed E-state index contributed by atoms with van der Waals surface area (Å²) < 4.78 is 5.55. The van der Waals surface area contributed by atoms with E-state index in [9.17, 15) is 9.59 Å². The van der Waals surface area contributed by atoms with Gasteiger partial charge in [0.05, 0.1) is 18.4 Å². The summed E-state index contributed by atoms with van der Waals surface area (Å²) in [6.45, 7) is 0.555. The van der Waals surface area contributed by atoms with E-state index in [0.717, 1.165) is 4.47 Å². The van der Waals surface area contributed by atoms with E-state index < -0.39 is 5.97 Å². The normalized spacial score (nSPS) is 19.2. The highest BCUT2D eigenvalue weighted by Gasteiger charge is 2.31. The topological polar surface area (TPSA) is 46.6 Å². The summed E-state index contributed by atoms with van der Waals surface area (Å²) in [7, 11) is 1.33. The molecule has 6 heteroatoms. The first-order valence-corrected chi connectivity index (χ1v) is 7.06. The van der Waals surface area contributed by atoms with E-state index in [1.165, 1.54) is 7.11 Å². The molecule has 1 unspecified atom stereocenters. The standard InChI is InChI=1S/C12H11Br2NO3/c1-18-12(17)9-3-2-7(13)4-10(9)15-6-8(14)5-11(15)16/h2-4,8H,5-6H2,1H3. The van der Waals surface area contributed by atoms with Crippen molar-refractivity contribution in [1.29, 1.82) is 0 Å². The summed E-state index contributed by atoms with van der Waals surface area (Å²) in [6, 6.07) is 5.16. The van der Waals surface area contributed by atoms with E-state index in [0.29, 0.717) is 24.2 Å². The Bertz CT molecular complexity index is 504. The molecule has 1 amide bonds. The van der Waals surface area contributed by atoms with Gasteiger partial charge in [0, 0.05) is 22.3 Å². The molecule has 0 bridgehead atoms. The van der Waals surface area contributed by atoms with Crippen molar-refractivity contribution in [1.82, 2.24) is 0 Å². The molecule has 2 rings (SSSR count). The van der Waals surface area contributed by atoms with Crippen LogP contribution >= 0.6 is 31.9 Å². The minimum absolute atomic E-state index is 0.000119. The number of carbonyl (C=O) groups is 2. The fourth-order valence-corrected chi connectivity index (χ4v) is 2.82. The Morgan fingerprint density at radius 2 is 2.22 bits per heavy atom. The third-order valence-electron chi connectivity index (χ3n) is 2.73. The summed E-state index contributed by atoms with van der Waals surface area (Å²) in [5.74, 6) is -0.441. The second kappa shape index (κ2) is 5.40. The van der Waals surface area contributed by atoms with Gasteiger partial charge in [0.1, 0.15) is 0 Å². The second-order valence-electron chi connectivity index (χ2n) is 3.96. The van der Waals surface area contributed by atoms with Gasteiger partial charge in [-0.3, -0.25) is 4.79 Å². The smallest absolute Gasteiger partial charge is 0.339 e. The average molecular weight is 377 g/mol. The number of amides is 1. The Hall–Kier alpha value is -0.880. The number of carbonyl (C=O) groups excluding carboxylic acids is 2. The van der Waals surface area contributed by atoms with E-state index in [1.54, 1.807) is 23.1 Å². The fraction of sp³-hybridized carbons (Fsp3) is 0.333. The molecule has 0 N–H and O–H groups in total. The SMILES string of the molecule is COC(=O)c1ccc(Br)cc1N1CC(Br)CC1=O. The molecule has 1 saturated heterocycles. The molecule has 0 radical (unpaired) electrons. The second-order valence-corrected chi connectivity index (χ2v) is 6.17. The third kappa shape index (κ3) is 2.59. The molecule has 18 heavy (non-hydrogen) atoms. The lowest BCUT2D eigenvalue weighted by Gasteiger charge is -2.19. The number of methoxy groups -OCH3 is 1. The number of hydrogen-bond donors (Lipinski definition) is 0. The zero-order valence-corrected chi connectivity index (χ0v) is 12.8. The number of halogens is 2. The van der Waals surface area contributed by atoms with Crippen LogP contribution in [0.1, 0.15) is 16.8 Å². The molecule has 1 aromatic carbocycles. The van der Waals surface area contributed by atoms with Crippen molar-refractivity contribution in [3.8, 4) is 0 Å². The van der Waals surface area contributed by atoms with Crippen molar-refractivity contribution >= 4 is 49.4 Å². The van der Waals surface area contributed by atoms with Crippen LogP contribution in [0.5, 0.6) is 0 Å². The Morgan fingerprint density at radius 1 is 1.50 bits per heavy atom. The number of esters is 1. The lowest BCUT2D eigenvalue weighted by atomic mass is 10.1. The van der Waals surface area contributed by atoms with Crippen LogP contribution in [0.3, 0.4) is 0 Å². The summed E-state index contributed by atoms with van der Waals surface area (Å²) in [4.78, 5) is 25.3. The van der Waals surface area contributed by atoms with Gasteiger partial charge in [0.2, 0.25) is 5.91 Å². The largest absolute Gasteiger partial charge is 0.465 e. The Kier molecular flexibility index (Phi) is 4.07. The monoisotopic (exact) mass is 375 g/mol. The van der Waals surface area contributed by atoms with Crippen molar-refractivity contribution in [3.63, 3.8) is 0 Å². The minimum atomic E-state index is -0.441. The van der Waals surface area contributed by atoms with E-state index in [2.05, 4.69) is 31.9 Å². The summed E-state index contributed by atoms with van der Waals surface area (Å²) in [6.07, 6.45) is 0.438. The van der Waals surface area contributed by atoms with Crippen molar-refractivity contribution in [2.45, 2.75) is 11.2 Å². The number of rotatable bonds is 2. The highest BCUT2D eigenvalue weighted by molar-refractivity contribution is 9.10. The molecule has 1 aromatic rings. The predicted molar refractivity (Wildman–Crippen MR) is 75.2 cm³/mol. The molecule has 4 nitrogen and oxygen atoms in total. The van der Waals surface area contributed by atoms with Crippen molar-refractivity contribution < 1.29 is 14.3 Å². The number of hydrogen-bond acceptors (Lipinski definition) is 3. The molecule has 1 atom stereocenters. The maximum atomic E-state index is 11.9. The maximum Gasteiger partial charge on any atom is 0.339 e. The van der Waals surface area contributed by atoms with Gasteiger partial charge in [-0.25, -0.2) is 4.79 Å². The van der Waals surface area contributed by atoms with Crippen LogP contribution in [-0.2, 0) is 9.53 Å². The van der Waals surface area contributed by atoms with E-state index in [-0.39, 0.29) is 10.7 Å². The molecule has 1 fully saturated rings. The first kappa shape index (κ1) is 13.5. The molecule has 0 saturated carbocycles. The molecule has 1 aliphatic heterocycles. The van der Waals surface area contributed by atoms with E-state index in [4.69, 9.17) is 4.74 Å². The van der Waals surface area contributed by atoms with Crippen LogP contribution in [-0.4, -0.2) is 30.4 Å². The van der Waals surface area contributed by atoms with Gasteiger partial charge in [-0.15, -0.1) is 0 Å². The highest BCUT2D eigenvalue weighted by Crippen LogP contribution is 2.31. The van der Waals surface area contributed by atoms with Crippen LogP contribution in [0, 0.1) is 0 Å². The molecule has 1 aliphatic rings. The van der Waals surface area contributed by atoms with Crippen LogP contribution in [0.25, 0.3) is 0 Å². The lowest BCUT2D eigenvalue weighted by molar-refractivity contribution is -0.117. The molecular weight excluding hydrogens is 366 g/mol. The summed E-state index contributed by atoms with van der Waals surface area (Å²) in [5.41, 5.74) is 0.985. The number of anilines is 1. The summed E-state index contributed by atoms with van der Waals surface area (Å²) >= 11 is 6.77. The van der Waals surface area contributed by atoms with Gasteiger partial charge in [-0.2, -0.15) is 0 Å². The van der Waals surface area contributed by atoms with Gasteiger partial charge >= 0.3 is 5.97 Å². The first-order chi connectivity index (χ1) is 8.52. The number of alkyl halides is 1. The van der Waals surface area contributed by atoms with Gasteiger partial charge in [0.25, 0.3) is 0 Å². The Morgan fingerprint density at radius 3 is 2.78 bits per heavy atom. The van der Waals surface area contributed by atoms with Crippen molar-refractivity contribution in [3.05, 3.63) is 28.2 Å².